The molecule has 26 heavy (non-hydrogen) atoms. The molecule has 0 spiro atoms. The monoisotopic (exact) mass is 350 g/mol. The smallest absolute Gasteiger partial charge is 0.248 e. The number of primary amides is 1. The highest BCUT2D eigenvalue weighted by Gasteiger charge is 2.17. The molecule has 4 nitrogen and oxygen atoms in total. The van der Waals surface area contributed by atoms with E-state index in [0.717, 1.165) is 56.3 Å². The van der Waals surface area contributed by atoms with Crippen LogP contribution in [0.4, 0.5) is 0 Å². The van der Waals surface area contributed by atoms with Crippen molar-refractivity contribution in [2.24, 2.45) is 11.7 Å². The van der Waals surface area contributed by atoms with Gasteiger partial charge in [-0.05, 0) is 60.5 Å². The fraction of sp³-hybridized carbons (Fsp3) is 0.364. The molecule has 0 saturated heterocycles. The third kappa shape index (κ3) is 5.02. The predicted octanol–water partition coefficient (Wildman–Crippen LogP) is 3.69. The lowest BCUT2D eigenvalue weighted by Gasteiger charge is -2.20. The maximum Gasteiger partial charge on any atom is 0.248 e. The molecule has 2 aromatic rings. The van der Waals surface area contributed by atoms with Crippen molar-refractivity contribution in [3.8, 4) is 11.1 Å². The lowest BCUT2D eigenvalue weighted by molar-refractivity contribution is -0.121. The summed E-state index contributed by atoms with van der Waals surface area (Å²) in [5.41, 5.74) is 9.18. The molecule has 0 bridgehead atoms. The molecule has 1 fully saturated rings. The van der Waals surface area contributed by atoms with E-state index in [2.05, 4.69) is 29.6 Å². The van der Waals surface area contributed by atoms with Gasteiger partial charge in [0.1, 0.15) is 5.78 Å². The number of hydrogen-bond acceptors (Lipinski definition) is 3. The van der Waals surface area contributed by atoms with E-state index in [4.69, 9.17) is 5.73 Å². The van der Waals surface area contributed by atoms with Gasteiger partial charge in [-0.25, -0.2) is 0 Å². The number of amides is 1. The molecular formula is C22H26N2O2. The number of carbonyl (C=O) groups excluding carboxylic acids is 2. The largest absolute Gasteiger partial charge is 0.366 e. The van der Waals surface area contributed by atoms with Gasteiger partial charge in [0.15, 0.2) is 0 Å². The lowest BCUT2D eigenvalue weighted by Crippen LogP contribution is -2.21. The molecule has 0 unspecified atom stereocenters. The fourth-order valence-electron chi connectivity index (χ4n) is 3.49. The first-order chi connectivity index (χ1) is 12.6. The van der Waals surface area contributed by atoms with Gasteiger partial charge < -0.3 is 11.1 Å². The average Bonchev–Trinajstić information content (AvgIpc) is 2.67. The molecule has 0 atom stereocenters. The highest BCUT2D eigenvalue weighted by atomic mass is 16.1. The van der Waals surface area contributed by atoms with Crippen molar-refractivity contribution in [1.29, 1.82) is 0 Å². The van der Waals surface area contributed by atoms with Crippen LogP contribution in [0.3, 0.4) is 0 Å². The second-order valence-corrected chi connectivity index (χ2v) is 7.09. The van der Waals surface area contributed by atoms with Gasteiger partial charge in [-0.1, -0.05) is 36.4 Å². The van der Waals surface area contributed by atoms with Gasteiger partial charge in [0, 0.05) is 24.9 Å². The molecule has 3 rings (SSSR count). The Bertz CT molecular complexity index is 758. The van der Waals surface area contributed by atoms with Crippen LogP contribution in [0, 0.1) is 5.92 Å². The maximum atomic E-state index is 11.3. The summed E-state index contributed by atoms with van der Waals surface area (Å²) in [5.74, 6) is 0.714. The number of carbonyl (C=O) groups is 2. The zero-order valence-corrected chi connectivity index (χ0v) is 15.0. The topological polar surface area (TPSA) is 72.2 Å². The number of nitrogens with two attached hydrogens (primary N) is 1. The molecule has 1 aliphatic rings. The van der Waals surface area contributed by atoms with Crippen LogP contribution in [0.15, 0.2) is 48.5 Å². The normalized spacial score (nSPS) is 15.2. The zero-order valence-electron chi connectivity index (χ0n) is 15.0. The van der Waals surface area contributed by atoms with Crippen LogP contribution in [0.1, 0.15) is 48.0 Å². The van der Waals surface area contributed by atoms with Crippen molar-refractivity contribution in [3.05, 3.63) is 59.7 Å². The fourth-order valence-corrected chi connectivity index (χ4v) is 3.49. The Labute approximate surface area is 154 Å². The van der Waals surface area contributed by atoms with Crippen molar-refractivity contribution < 1.29 is 9.59 Å². The van der Waals surface area contributed by atoms with Crippen LogP contribution in [0.25, 0.3) is 11.1 Å². The number of rotatable bonds is 7. The summed E-state index contributed by atoms with van der Waals surface area (Å²) < 4.78 is 0. The third-order valence-corrected chi connectivity index (χ3v) is 5.16. The molecule has 1 aliphatic carbocycles. The first-order valence-electron chi connectivity index (χ1n) is 9.33. The van der Waals surface area contributed by atoms with Gasteiger partial charge in [-0.2, -0.15) is 0 Å². The minimum Gasteiger partial charge on any atom is -0.366 e. The van der Waals surface area contributed by atoms with E-state index in [1.54, 1.807) is 6.07 Å². The van der Waals surface area contributed by atoms with Crippen molar-refractivity contribution in [2.45, 2.75) is 38.6 Å². The summed E-state index contributed by atoms with van der Waals surface area (Å²) >= 11 is 0. The van der Waals surface area contributed by atoms with E-state index in [9.17, 15) is 9.59 Å². The van der Waals surface area contributed by atoms with Crippen molar-refractivity contribution in [1.82, 2.24) is 5.32 Å². The molecule has 0 radical (unpaired) electrons. The first-order valence-corrected chi connectivity index (χ1v) is 9.33. The molecule has 0 heterocycles. The summed E-state index contributed by atoms with van der Waals surface area (Å²) in [4.78, 5) is 22.6. The summed E-state index contributed by atoms with van der Waals surface area (Å²) in [7, 11) is 0. The summed E-state index contributed by atoms with van der Waals surface area (Å²) in [6, 6.07) is 15.8. The molecule has 0 aliphatic heterocycles. The van der Waals surface area contributed by atoms with E-state index < -0.39 is 5.91 Å². The predicted molar refractivity (Wildman–Crippen MR) is 104 cm³/mol. The zero-order chi connectivity index (χ0) is 18.4. The van der Waals surface area contributed by atoms with E-state index in [1.807, 2.05) is 18.2 Å². The van der Waals surface area contributed by atoms with Crippen LogP contribution in [-0.2, 0) is 11.3 Å². The number of hydrogen-bond donors (Lipinski definition) is 2. The molecule has 0 aromatic heterocycles. The Morgan fingerprint density at radius 3 is 2.46 bits per heavy atom. The minimum atomic E-state index is -0.407. The van der Waals surface area contributed by atoms with Gasteiger partial charge >= 0.3 is 0 Å². The minimum absolute atomic E-state index is 0.407. The summed E-state index contributed by atoms with van der Waals surface area (Å²) in [6.45, 7) is 1.83. The van der Waals surface area contributed by atoms with Crippen LogP contribution < -0.4 is 11.1 Å². The van der Waals surface area contributed by atoms with E-state index in [1.165, 1.54) is 5.56 Å². The quantitative estimate of drug-likeness (QED) is 0.748. The Kier molecular flexibility index (Phi) is 6.18. The highest BCUT2D eigenvalue weighted by molar-refractivity contribution is 5.94. The number of ketones is 1. The Hall–Kier alpha value is -2.46. The van der Waals surface area contributed by atoms with Gasteiger partial charge in [0.05, 0.1) is 0 Å². The van der Waals surface area contributed by atoms with Crippen molar-refractivity contribution >= 4 is 11.7 Å². The molecule has 4 heteroatoms. The Morgan fingerprint density at radius 2 is 1.77 bits per heavy atom. The van der Waals surface area contributed by atoms with Crippen molar-refractivity contribution in [2.75, 3.05) is 6.54 Å². The van der Waals surface area contributed by atoms with Crippen LogP contribution >= 0.6 is 0 Å². The van der Waals surface area contributed by atoms with Crippen LogP contribution in [0.5, 0.6) is 0 Å². The Balaban J connectivity index is 1.48. The second-order valence-electron chi connectivity index (χ2n) is 7.09. The second kappa shape index (κ2) is 8.77. The average molecular weight is 350 g/mol. The summed E-state index contributed by atoms with van der Waals surface area (Å²) in [6.07, 6.45) is 4.79. The Morgan fingerprint density at radius 1 is 1.04 bits per heavy atom. The first kappa shape index (κ1) is 18.3. The van der Waals surface area contributed by atoms with E-state index in [-0.39, 0.29) is 0 Å². The lowest BCUT2D eigenvalue weighted by atomic mass is 9.86. The maximum absolute atomic E-state index is 11.3. The molecular weight excluding hydrogens is 324 g/mol. The molecule has 1 amide bonds. The van der Waals surface area contributed by atoms with Gasteiger partial charge in [-0.3, -0.25) is 9.59 Å². The standard InChI is InChI=1S/C22H26N2O2/c23-22(26)20-3-1-2-19(14-20)18-8-4-17(5-9-18)15-24-13-12-16-6-10-21(25)11-7-16/h1-5,8-9,14,16,24H,6-7,10-13,15H2,(H2,23,26). The van der Waals surface area contributed by atoms with E-state index in [0.29, 0.717) is 17.3 Å². The van der Waals surface area contributed by atoms with Crippen molar-refractivity contribution in [3.63, 3.8) is 0 Å². The number of nitrogens with one attached hydrogen (secondary N) is 1. The molecule has 2 aromatic carbocycles. The number of Topliss-reactive ketones (excluding diaryl/α,β-unsaturated/α-hetero) is 1. The summed E-state index contributed by atoms with van der Waals surface area (Å²) in [5, 5.41) is 3.50. The molecule has 3 N–H and O–H groups in total. The number of benzene rings is 2. The van der Waals surface area contributed by atoms with Crippen LogP contribution in [-0.4, -0.2) is 18.2 Å². The van der Waals surface area contributed by atoms with E-state index >= 15 is 0 Å². The molecule has 136 valence electrons. The third-order valence-electron chi connectivity index (χ3n) is 5.16. The molecule has 1 saturated carbocycles. The SMILES string of the molecule is NC(=O)c1cccc(-c2ccc(CNCCC3CCC(=O)CC3)cc2)c1. The van der Waals surface area contributed by atoms with Crippen LogP contribution in [0.2, 0.25) is 0 Å². The van der Waals surface area contributed by atoms with Gasteiger partial charge in [0.2, 0.25) is 5.91 Å². The van der Waals surface area contributed by atoms with Gasteiger partial charge in [-0.15, -0.1) is 0 Å². The van der Waals surface area contributed by atoms with Gasteiger partial charge in [0.25, 0.3) is 0 Å². The highest BCUT2D eigenvalue weighted by Crippen LogP contribution is 2.24.